The van der Waals surface area contributed by atoms with Crippen molar-refractivity contribution in [3.05, 3.63) is 0 Å². The van der Waals surface area contributed by atoms with Crippen molar-refractivity contribution >= 4 is 11.8 Å². The van der Waals surface area contributed by atoms with Gasteiger partial charge in [0.05, 0.1) is 6.10 Å². The van der Waals surface area contributed by atoms with E-state index in [9.17, 15) is 0 Å². The molecule has 0 aromatic carbocycles. The van der Waals surface area contributed by atoms with Gasteiger partial charge < -0.3 is 10.1 Å². The van der Waals surface area contributed by atoms with E-state index < -0.39 is 0 Å². The molecule has 2 nitrogen and oxygen atoms in total. The van der Waals surface area contributed by atoms with Crippen LogP contribution in [0.1, 0.15) is 39.5 Å². The van der Waals surface area contributed by atoms with E-state index in [1.54, 1.807) is 0 Å². The topological polar surface area (TPSA) is 21.3 Å². The summed E-state index contributed by atoms with van der Waals surface area (Å²) >= 11 is 1.95. The van der Waals surface area contributed by atoms with E-state index in [4.69, 9.17) is 4.74 Å². The van der Waals surface area contributed by atoms with Gasteiger partial charge in [0.15, 0.2) is 0 Å². The Morgan fingerprint density at radius 2 is 2.33 bits per heavy atom. The molecule has 3 heteroatoms. The molecule has 0 spiro atoms. The van der Waals surface area contributed by atoms with Gasteiger partial charge in [-0.1, -0.05) is 13.8 Å². The molecule has 0 bridgehead atoms. The van der Waals surface area contributed by atoms with Crippen molar-refractivity contribution in [2.75, 3.05) is 19.4 Å². The number of hydrogen-bond donors (Lipinski definition) is 1. The standard InChI is InChI=1S/C12H25NOS/c1-4-12-9-11(6-8-14-12)13-7-5-10(2)15-3/h10-13H,4-9H2,1-3H3. The molecule has 3 atom stereocenters. The Bertz CT molecular complexity index is 166. The van der Waals surface area contributed by atoms with Crippen LogP contribution in [0, 0.1) is 0 Å². The lowest BCUT2D eigenvalue weighted by molar-refractivity contribution is 0.0000341. The van der Waals surface area contributed by atoms with Gasteiger partial charge in [0.1, 0.15) is 0 Å². The van der Waals surface area contributed by atoms with E-state index in [1.807, 2.05) is 11.8 Å². The van der Waals surface area contributed by atoms with Crippen LogP contribution in [0.3, 0.4) is 0 Å². The first-order valence-electron chi connectivity index (χ1n) is 6.14. The molecule has 0 radical (unpaired) electrons. The van der Waals surface area contributed by atoms with Crippen LogP contribution in [0.5, 0.6) is 0 Å². The highest BCUT2D eigenvalue weighted by Crippen LogP contribution is 2.16. The van der Waals surface area contributed by atoms with Crippen molar-refractivity contribution in [1.82, 2.24) is 5.32 Å². The molecule has 1 saturated heterocycles. The summed E-state index contributed by atoms with van der Waals surface area (Å²) in [6.45, 7) is 6.60. The molecular weight excluding hydrogens is 206 g/mol. The average Bonchev–Trinajstić information content (AvgIpc) is 2.29. The largest absolute Gasteiger partial charge is 0.378 e. The predicted molar refractivity (Wildman–Crippen MR) is 68.6 cm³/mol. The Morgan fingerprint density at radius 1 is 1.53 bits per heavy atom. The zero-order chi connectivity index (χ0) is 11.1. The highest BCUT2D eigenvalue weighted by Gasteiger charge is 2.20. The monoisotopic (exact) mass is 231 g/mol. The van der Waals surface area contributed by atoms with Gasteiger partial charge in [-0.15, -0.1) is 0 Å². The van der Waals surface area contributed by atoms with Gasteiger partial charge in [-0.3, -0.25) is 0 Å². The third-order valence-corrected chi connectivity index (χ3v) is 4.25. The van der Waals surface area contributed by atoms with Gasteiger partial charge in [-0.2, -0.15) is 11.8 Å². The first kappa shape index (κ1) is 13.3. The zero-order valence-electron chi connectivity index (χ0n) is 10.3. The normalized spacial score (nSPS) is 29.0. The number of ether oxygens (including phenoxy) is 1. The van der Waals surface area contributed by atoms with Crippen LogP contribution in [0.4, 0.5) is 0 Å². The van der Waals surface area contributed by atoms with Crippen molar-refractivity contribution in [2.45, 2.75) is 56.9 Å². The molecule has 1 aliphatic heterocycles. The molecule has 1 heterocycles. The number of nitrogens with one attached hydrogen (secondary N) is 1. The summed E-state index contributed by atoms with van der Waals surface area (Å²) < 4.78 is 5.66. The lowest BCUT2D eigenvalue weighted by Gasteiger charge is -2.29. The smallest absolute Gasteiger partial charge is 0.0587 e. The van der Waals surface area contributed by atoms with Gasteiger partial charge in [0, 0.05) is 17.9 Å². The maximum atomic E-state index is 5.66. The van der Waals surface area contributed by atoms with Crippen molar-refractivity contribution in [3.8, 4) is 0 Å². The first-order valence-corrected chi connectivity index (χ1v) is 7.42. The van der Waals surface area contributed by atoms with Gasteiger partial charge in [0.25, 0.3) is 0 Å². The summed E-state index contributed by atoms with van der Waals surface area (Å²) in [4.78, 5) is 0. The molecule has 3 unspecified atom stereocenters. The summed E-state index contributed by atoms with van der Waals surface area (Å²) in [5.74, 6) is 0. The second kappa shape index (κ2) is 7.53. The Kier molecular flexibility index (Phi) is 6.69. The lowest BCUT2D eigenvalue weighted by atomic mass is 10.0. The Hall–Kier alpha value is 0.270. The van der Waals surface area contributed by atoms with Gasteiger partial charge in [0.2, 0.25) is 0 Å². The second-order valence-electron chi connectivity index (χ2n) is 4.41. The average molecular weight is 231 g/mol. The summed E-state index contributed by atoms with van der Waals surface area (Å²) in [7, 11) is 0. The predicted octanol–water partition coefficient (Wildman–Crippen LogP) is 2.68. The zero-order valence-corrected chi connectivity index (χ0v) is 11.1. The van der Waals surface area contributed by atoms with Crippen LogP contribution in [0.2, 0.25) is 0 Å². The minimum Gasteiger partial charge on any atom is -0.378 e. The van der Waals surface area contributed by atoms with Crippen molar-refractivity contribution < 1.29 is 4.74 Å². The van der Waals surface area contributed by atoms with Crippen LogP contribution in [-0.2, 0) is 4.74 Å². The number of thioether (sulfide) groups is 1. The summed E-state index contributed by atoms with van der Waals surface area (Å²) in [5.41, 5.74) is 0. The van der Waals surface area contributed by atoms with Crippen LogP contribution in [0.25, 0.3) is 0 Å². The molecule has 1 rings (SSSR count). The van der Waals surface area contributed by atoms with E-state index in [2.05, 4.69) is 25.4 Å². The second-order valence-corrected chi connectivity index (χ2v) is 5.69. The molecule has 0 amide bonds. The Balaban J connectivity index is 2.10. The van der Waals surface area contributed by atoms with E-state index in [0.717, 1.165) is 24.8 Å². The number of rotatable bonds is 6. The minimum atomic E-state index is 0.495. The van der Waals surface area contributed by atoms with E-state index in [0.29, 0.717) is 12.1 Å². The molecular formula is C12H25NOS. The van der Waals surface area contributed by atoms with Crippen LogP contribution in [0.15, 0.2) is 0 Å². The highest BCUT2D eigenvalue weighted by atomic mass is 32.2. The quantitative estimate of drug-likeness (QED) is 0.759. The number of hydrogen-bond acceptors (Lipinski definition) is 3. The maximum Gasteiger partial charge on any atom is 0.0587 e. The van der Waals surface area contributed by atoms with E-state index in [-0.39, 0.29) is 0 Å². The maximum absolute atomic E-state index is 5.66. The fraction of sp³-hybridized carbons (Fsp3) is 1.00. The Morgan fingerprint density at radius 3 is 3.00 bits per heavy atom. The fourth-order valence-corrected chi connectivity index (χ4v) is 2.31. The Labute approximate surface area is 98.5 Å². The van der Waals surface area contributed by atoms with Crippen molar-refractivity contribution in [3.63, 3.8) is 0 Å². The SMILES string of the molecule is CCC1CC(NCCC(C)SC)CCO1. The van der Waals surface area contributed by atoms with Crippen molar-refractivity contribution in [2.24, 2.45) is 0 Å². The van der Waals surface area contributed by atoms with Gasteiger partial charge in [-0.25, -0.2) is 0 Å². The molecule has 1 N–H and O–H groups in total. The van der Waals surface area contributed by atoms with E-state index >= 15 is 0 Å². The molecule has 15 heavy (non-hydrogen) atoms. The van der Waals surface area contributed by atoms with Gasteiger partial charge in [-0.05, 0) is 38.5 Å². The highest BCUT2D eigenvalue weighted by molar-refractivity contribution is 7.99. The lowest BCUT2D eigenvalue weighted by Crippen LogP contribution is -2.39. The van der Waals surface area contributed by atoms with Gasteiger partial charge >= 0.3 is 0 Å². The molecule has 0 saturated carbocycles. The third-order valence-electron chi connectivity index (χ3n) is 3.21. The van der Waals surface area contributed by atoms with Crippen LogP contribution < -0.4 is 5.32 Å². The summed E-state index contributed by atoms with van der Waals surface area (Å²) in [5, 5.41) is 4.43. The van der Waals surface area contributed by atoms with Crippen LogP contribution in [-0.4, -0.2) is 36.8 Å². The first-order chi connectivity index (χ1) is 7.26. The third kappa shape index (κ3) is 5.23. The molecule has 0 aromatic rings. The van der Waals surface area contributed by atoms with Crippen molar-refractivity contribution in [1.29, 1.82) is 0 Å². The molecule has 0 aromatic heterocycles. The molecule has 1 fully saturated rings. The van der Waals surface area contributed by atoms with E-state index in [1.165, 1.54) is 19.3 Å². The molecule has 1 aliphatic rings. The fourth-order valence-electron chi connectivity index (χ4n) is 1.96. The summed E-state index contributed by atoms with van der Waals surface area (Å²) in [6.07, 6.45) is 7.49. The summed E-state index contributed by atoms with van der Waals surface area (Å²) in [6, 6.07) is 0.692. The molecule has 90 valence electrons. The van der Waals surface area contributed by atoms with Crippen LogP contribution >= 0.6 is 11.8 Å². The molecule has 0 aliphatic carbocycles. The minimum absolute atomic E-state index is 0.495.